The van der Waals surface area contributed by atoms with Crippen LogP contribution in [0.4, 0.5) is 0 Å². The van der Waals surface area contributed by atoms with Gasteiger partial charge in [-0.1, -0.05) is 31.2 Å². The van der Waals surface area contributed by atoms with Gasteiger partial charge in [0.25, 0.3) is 0 Å². The number of nitrogens with zero attached hydrogens (tertiary/aromatic N) is 2. The molecule has 1 aromatic rings. The van der Waals surface area contributed by atoms with E-state index in [2.05, 4.69) is 39.9 Å². The monoisotopic (exact) mass is 314 g/mol. The highest BCUT2D eigenvalue weighted by molar-refractivity contribution is 5.80. The molecule has 1 saturated heterocycles. The number of nitrogens with one attached hydrogen (secondary N) is 2. The summed E-state index contributed by atoms with van der Waals surface area (Å²) in [7, 11) is 1.80. The molecule has 0 spiro atoms. The molecule has 2 N–H and O–H groups in total. The number of hydrogen-bond acceptors (Lipinski definition) is 2. The maximum absolute atomic E-state index is 11.7. The third-order valence-corrected chi connectivity index (χ3v) is 4.88. The standard InChI is InChI=1S/C18H26N4O/c1-3-17(23)22-9-8-15(12-22)21-18(19-2)20-11-14-10-13-6-4-5-7-16(13)14/h4-7,14-15H,3,8-12H2,1-2H3,(H2,19,20,21). The number of carbonyl (C=O) groups excluding carboxylic acids is 1. The molecule has 2 aliphatic rings. The van der Waals surface area contributed by atoms with Crippen LogP contribution in [0.15, 0.2) is 29.3 Å². The number of carbonyl (C=O) groups is 1. The summed E-state index contributed by atoms with van der Waals surface area (Å²) in [5, 5.41) is 6.88. The molecule has 3 rings (SSSR count). The summed E-state index contributed by atoms with van der Waals surface area (Å²) in [5.41, 5.74) is 2.92. The van der Waals surface area contributed by atoms with E-state index in [1.165, 1.54) is 11.1 Å². The lowest BCUT2D eigenvalue weighted by Crippen LogP contribution is -2.46. The number of benzene rings is 1. The van der Waals surface area contributed by atoms with Crippen molar-refractivity contribution in [1.29, 1.82) is 0 Å². The van der Waals surface area contributed by atoms with E-state index in [-0.39, 0.29) is 5.91 Å². The van der Waals surface area contributed by atoms with Gasteiger partial charge in [-0.2, -0.15) is 0 Å². The third kappa shape index (κ3) is 3.49. The lowest BCUT2D eigenvalue weighted by molar-refractivity contribution is -0.129. The number of aliphatic imine (C=N–C) groups is 1. The van der Waals surface area contributed by atoms with Gasteiger partial charge in [0, 0.05) is 45.1 Å². The molecule has 23 heavy (non-hydrogen) atoms. The molecule has 124 valence electrons. The summed E-state index contributed by atoms with van der Waals surface area (Å²) in [6, 6.07) is 8.93. The van der Waals surface area contributed by atoms with Gasteiger partial charge < -0.3 is 15.5 Å². The number of hydrogen-bond donors (Lipinski definition) is 2. The number of amides is 1. The third-order valence-electron chi connectivity index (χ3n) is 4.88. The van der Waals surface area contributed by atoms with Crippen molar-refractivity contribution in [3.8, 4) is 0 Å². The molecule has 5 heteroatoms. The van der Waals surface area contributed by atoms with E-state index in [9.17, 15) is 4.79 Å². The second-order valence-corrected chi connectivity index (χ2v) is 6.38. The predicted octanol–water partition coefficient (Wildman–Crippen LogP) is 1.50. The van der Waals surface area contributed by atoms with Gasteiger partial charge >= 0.3 is 0 Å². The summed E-state index contributed by atoms with van der Waals surface area (Å²) in [4.78, 5) is 18.0. The highest BCUT2D eigenvalue weighted by Gasteiger charge is 2.27. The fourth-order valence-electron chi connectivity index (χ4n) is 3.48. The minimum atomic E-state index is 0.239. The van der Waals surface area contributed by atoms with Gasteiger partial charge in [-0.05, 0) is 24.0 Å². The van der Waals surface area contributed by atoms with E-state index in [1.54, 1.807) is 7.05 Å². The zero-order chi connectivity index (χ0) is 16.2. The number of rotatable bonds is 4. The van der Waals surface area contributed by atoms with Crippen molar-refractivity contribution < 1.29 is 4.79 Å². The summed E-state index contributed by atoms with van der Waals surface area (Å²) in [5.74, 6) is 1.65. The molecule has 1 amide bonds. The largest absolute Gasteiger partial charge is 0.356 e. The van der Waals surface area contributed by atoms with Gasteiger partial charge in [-0.15, -0.1) is 0 Å². The highest BCUT2D eigenvalue weighted by Crippen LogP contribution is 2.33. The molecule has 0 aromatic heterocycles. The number of fused-ring (bicyclic) bond motifs is 1. The second-order valence-electron chi connectivity index (χ2n) is 6.38. The van der Waals surface area contributed by atoms with Crippen molar-refractivity contribution in [2.24, 2.45) is 4.99 Å². The molecular weight excluding hydrogens is 288 g/mol. The molecule has 2 unspecified atom stereocenters. The number of likely N-dealkylation sites (tertiary alicyclic amines) is 1. The first-order valence-electron chi connectivity index (χ1n) is 8.54. The van der Waals surface area contributed by atoms with Crippen LogP contribution in [0.25, 0.3) is 0 Å². The quantitative estimate of drug-likeness (QED) is 0.654. The predicted molar refractivity (Wildman–Crippen MR) is 92.7 cm³/mol. The van der Waals surface area contributed by atoms with Crippen molar-refractivity contribution in [1.82, 2.24) is 15.5 Å². The maximum atomic E-state index is 11.7. The second kappa shape index (κ2) is 7.02. The number of guanidine groups is 1. The van der Waals surface area contributed by atoms with Crippen molar-refractivity contribution >= 4 is 11.9 Å². The molecule has 2 atom stereocenters. The molecule has 0 saturated carbocycles. The Morgan fingerprint density at radius 3 is 2.96 bits per heavy atom. The Bertz CT molecular complexity index is 598. The fraction of sp³-hybridized carbons (Fsp3) is 0.556. The molecule has 1 heterocycles. The van der Waals surface area contributed by atoms with Crippen molar-refractivity contribution in [2.45, 2.75) is 38.1 Å². The van der Waals surface area contributed by atoms with E-state index < -0.39 is 0 Å². The van der Waals surface area contributed by atoms with Crippen LogP contribution in [0, 0.1) is 0 Å². The zero-order valence-electron chi connectivity index (χ0n) is 14.0. The summed E-state index contributed by atoms with van der Waals surface area (Å²) >= 11 is 0. The lowest BCUT2D eigenvalue weighted by Gasteiger charge is -2.31. The van der Waals surface area contributed by atoms with Crippen LogP contribution in [0.3, 0.4) is 0 Å². The van der Waals surface area contributed by atoms with Gasteiger partial charge in [0.15, 0.2) is 5.96 Å². The minimum Gasteiger partial charge on any atom is -0.356 e. The van der Waals surface area contributed by atoms with Crippen LogP contribution in [0.2, 0.25) is 0 Å². The molecule has 1 aliphatic carbocycles. The van der Waals surface area contributed by atoms with Crippen molar-refractivity contribution in [2.75, 3.05) is 26.7 Å². The van der Waals surface area contributed by atoms with Crippen LogP contribution in [-0.2, 0) is 11.2 Å². The SMILES string of the molecule is CCC(=O)N1CCC(NC(=NC)NCC2Cc3ccccc32)C1. The van der Waals surface area contributed by atoms with Crippen LogP contribution >= 0.6 is 0 Å². The van der Waals surface area contributed by atoms with E-state index in [4.69, 9.17) is 0 Å². The highest BCUT2D eigenvalue weighted by atomic mass is 16.2. The summed E-state index contributed by atoms with van der Waals surface area (Å²) in [6.45, 7) is 4.44. The van der Waals surface area contributed by atoms with E-state index >= 15 is 0 Å². The maximum Gasteiger partial charge on any atom is 0.222 e. The topological polar surface area (TPSA) is 56.7 Å². The van der Waals surface area contributed by atoms with Crippen LogP contribution in [-0.4, -0.2) is 49.5 Å². The van der Waals surface area contributed by atoms with Crippen LogP contribution < -0.4 is 10.6 Å². The lowest BCUT2D eigenvalue weighted by atomic mass is 9.78. The van der Waals surface area contributed by atoms with Gasteiger partial charge in [0.1, 0.15) is 0 Å². The Kier molecular flexibility index (Phi) is 4.84. The Morgan fingerprint density at radius 1 is 1.39 bits per heavy atom. The van der Waals surface area contributed by atoms with E-state index in [0.717, 1.165) is 38.4 Å². The Labute approximate surface area is 138 Å². The minimum absolute atomic E-state index is 0.239. The summed E-state index contributed by atoms with van der Waals surface area (Å²) < 4.78 is 0. The first-order chi connectivity index (χ1) is 11.2. The average molecular weight is 314 g/mol. The molecule has 1 aromatic carbocycles. The van der Waals surface area contributed by atoms with E-state index in [0.29, 0.717) is 18.4 Å². The van der Waals surface area contributed by atoms with Gasteiger partial charge in [0.2, 0.25) is 5.91 Å². The van der Waals surface area contributed by atoms with Crippen molar-refractivity contribution in [3.63, 3.8) is 0 Å². The summed E-state index contributed by atoms with van der Waals surface area (Å²) in [6.07, 6.45) is 2.71. The Balaban J connectivity index is 1.46. The Morgan fingerprint density at radius 2 is 2.22 bits per heavy atom. The van der Waals surface area contributed by atoms with Gasteiger partial charge in [-0.25, -0.2) is 0 Å². The first-order valence-corrected chi connectivity index (χ1v) is 8.54. The Hall–Kier alpha value is -2.04. The van der Waals surface area contributed by atoms with Gasteiger partial charge in [-0.3, -0.25) is 9.79 Å². The molecule has 1 aliphatic heterocycles. The molecule has 0 bridgehead atoms. The first kappa shape index (κ1) is 15.8. The van der Waals surface area contributed by atoms with E-state index in [1.807, 2.05) is 11.8 Å². The zero-order valence-corrected chi connectivity index (χ0v) is 14.0. The normalized spacial score (nSPS) is 23.2. The smallest absolute Gasteiger partial charge is 0.222 e. The van der Waals surface area contributed by atoms with Gasteiger partial charge in [0.05, 0.1) is 0 Å². The molecule has 1 fully saturated rings. The van der Waals surface area contributed by atoms with Crippen LogP contribution in [0.1, 0.15) is 36.8 Å². The fourth-order valence-corrected chi connectivity index (χ4v) is 3.48. The van der Waals surface area contributed by atoms with Crippen molar-refractivity contribution in [3.05, 3.63) is 35.4 Å². The average Bonchev–Trinajstić information content (AvgIpc) is 3.02. The molecule has 0 radical (unpaired) electrons. The molecular formula is C18H26N4O. The molecule has 5 nitrogen and oxygen atoms in total. The van der Waals surface area contributed by atoms with Crippen LogP contribution in [0.5, 0.6) is 0 Å².